The van der Waals surface area contributed by atoms with E-state index in [0.29, 0.717) is 12.5 Å². The molecule has 0 unspecified atom stereocenters. The van der Waals surface area contributed by atoms with Crippen LogP contribution in [0.5, 0.6) is 0 Å². The SMILES string of the molecule is Cc1ccc(S(=O)(=O)NCCC(=O)NCCc2ccc(C(C)C)cc2)cc1C. The summed E-state index contributed by atoms with van der Waals surface area (Å²) in [4.78, 5) is 12.2. The van der Waals surface area contributed by atoms with E-state index < -0.39 is 10.0 Å². The monoisotopic (exact) mass is 402 g/mol. The Bertz CT molecular complexity index is 904. The molecule has 2 rings (SSSR count). The summed E-state index contributed by atoms with van der Waals surface area (Å²) in [6, 6.07) is 13.4. The van der Waals surface area contributed by atoms with Gasteiger partial charge in [0.25, 0.3) is 0 Å². The lowest BCUT2D eigenvalue weighted by molar-refractivity contribution is -0.120. The van der Waals surface area contributed by atoms with Crippen LogP contribution in [0.1, 0.15) is 48.4 Å². The van der Waals surface area contributed by atoms with E-state index in [2.05, 4.69) is 48.2 Å². The van der Waals surface area contributed by atoms with Crippen molar-refractivity contribution in [3.8, 4) is 0 Å². The molecule has 1 amide bonds. The summed E-state index contributed by atoms with van der Waals surface area (Å²) < 4.78 is 27.1. The van der Waals surface area contributed by atoms with Crippen molar-refractivity contribution in [1.82, 2.24) is 10.0 Å². The van der Waals surface area contributed by atoms with E-state index >= 15 is 0 Å². The van der Waals surface area contributed by atoms with Crippen molar-refractivity contribution < 1.29 is 13.2 Å². The van der Waals surface area contributed by atoms with Crippen molar-refractivity contribution in [2.75, 3.05) is 13.1 Å². The number of nitrogens with one attached hydrogen (secondary N) is 2. The van der Waals surface area contributed by atoms with Gasteiger partial charge in [-0.15, -0.1) is 0 Å². The molecule has 0 radical (unpaired) electrons. The van der Waals surface area contributed by atoms with Crippen LogP contribution in [0.2, 0.25) is 0 Å². The average molecular weight is 403 g/mol. The highest BCUT2D eigenvalue weighted by atomic mass is 32.2. The maximum atomic E-state index is 12.3. The molecular weight excluding hydrogens is 372 g/mol. The number of amides is 1. The third-order valence-corrected chi connectivity index (χ3v) is 6.27. The number of sulfonamides is 1. The van der Waals surface area contributed by atoms with Crippen LogP contribution in [-0.4, -0.2) is 27.4 Å². The van der Waals surface area contributed by atoms with E-state index in [1.165, 1.54) is 11.1 Å². The van der Waals surface area contributed by atoms with Crippen molar-refractivity contribution >= 4 is 15.9 Å². The molecule has 0 saturated carbocycles. The van der Waals surface area contributed by atoms with E-state index in [1.807, 2.05) is 13.8 Å². The molecule has 152 valence electrons. The number of carbonyl (C=O) groups is 1. The zero-order chi connectivity index (χ0) is 20.7. The zero-order valence-corrected chi connectivity index (χ0v) is 17.9. The lowest BCUT2D eigenvalue weighted by Crippen LogP contribution is -2.31. The summed E-state index contributed by atoms with van der Waals surface area (Å²) in [5.41, 5.74) is 4.42. The molecule has 0 saturated heterocycles. The van der Waals surface area contributed by atoms with Gasteiger partial charge in [-0.05, 0) is 60.6 Å². The lowest BCUT2D eigenvalue weighted by Gasteiger charge is -2.10. The fourth-order valence-electron chi connectivity index (χ4n) is 2.77. The van der Waals surface area contributed by atoms with Crippen LogP contribution in [0, 0.1) is 13.8 Å². The van der Waals surface area contributed by atoms with Crippen molar-refractivity contribution in [2.45, 2.75) is 51.3 Å². The molecule has 5 nitrogen and oxygen atoms in total. The summed E-state index contributed by atoms with van der Waals surface area (Å²) in [5, 5.41) is 2.84. The van der Waals surface area contributed by atoms with E-state index in [9.17, 15) is 13.2 Å². The number of hydrogen-bond donors (Lipinski definition) is 2. The van der Waals surface area contributed by atoms with Gasteiger partial charge in [-0.25, -0.2) is 13.1 Å². The van der Waals surface area contributed by atoms with Gasteiger partial charge in [-0.2, -0.15) is 0 Å². The number of benzene rings is 2. The van der Waals surface area contributed by atoms with E-state index in [-0.39, 0.29) is 23.8 Å². The molecule has 2 N–H and O–H groups in total. The van der Waals surface area contributed by atoms with Gasteiger partial charge in [0, 0.05) is 19.5 Å². The average Bonchev–Trinajstić information content (AvgIpc) is 2.64. The summed E-state index contributed by atoms with van der Waals surface area (Å²) in [6.45, 7) is 8.72. The highest BCUT2D eigenvalue weighted by Gasteiger charge is 2.14. The van der Waals surface area contributed by atoms with Crippen LogP contribution in [0.3, 0.4) is 0 Å². The van der Waals surface area contributed by atoms with Gasteiger partial charge in [-0.3, -0.25) is 4.79 Å². The Labute approximate surface area is 168 Å². The fourth-order valence-corrected chi connectivity index (χ4v) is 3.88. The normalized spacial score (nSPS) is 11.6. The maximum absolute atomic E-state index is 12.3. The number of carbonyl (C=O) groups excluding carboxylic acids is 1. The predicted molar refractivity (Wildman–Crippen MR) is 113 cm³/mol. The van der Waals surface area contributed by atoms with Crippen molar-refractivity contribution in [3.05, 3.63) is 64.7 Å². The van der Waals surface area contributed by atoms with Gasteiger partial charge in [0.2, 0.25) is 15.9 Å². The Balaban J connectivity index is 1.74. The van der Waals surface area contributed by atoms with Crippen LogP contribution in [-0.2, 0) is 21.2 Å². The minimum Gasteiger partial charge on any atom is -0.356 e. The Morgan fingerprint density at radius 1 is 0.964 bits per heavy atom. The first kappa shape index (κ1) is 22.1. The minimum atomic E-state index is -3.60. The number of aryl methyl sites for hydroxylation is 2. The third kappa shape index (κ3) is 6.46. The number of rotatable bonds is 9. The maximum Gasteiger partial charge on any atom is 0.240 e. The third-order valence-electron chi connectivity index (χ3n) is 4.82. The smallest absolute Gasteiger partial charge is 0.240 e. The molecule has 0 aliphatic heterocycles. The first-order valence-electron chi connectivity index (χ1n) is 9.61. The highest BCUT2D eigenvalue weighted by Crippen LogP contribution is 2.15. The molecule has 0 bridgehead atoms. The molecule has 0 fully saturated rings. The summed E-state index contributed by atoms with van der Waals surface area (Å²) in [7, 11) is -3.60. The van der Waals surface area contributed by atoms with Gasteiger partial charge >= 0.3 is 0 Å². The van der Waals surface area contributed by atoms with Gasteiger partial charge in [0.05, 0.1) is 4.90 Å². The Hall–Kier alpha value is -2.18. The van der Waals surface area contributed by atoms with E-state index in [0.717, 1.165) is 17.5 Å². The molecule has 0 heterocycles. The second-order valence-corrected chi connectivity index (χ2v) is 9.16. The minimum absolute atomic E-state index is 0.0736. The second-order valence-electron chi connectivity index (χ2n) is 7.39. The van der Waals surface area contributed by atoms with Crippen LogP contribution in [0.15, 0.2) is 47.4 Å². The van der Waals surface area contributed by atoms with Gasteiger partial charge in [0.15, 0.2) is 0 Å². The Kier molecular flexibility index (Phi) is 7.78. The van der Waals surface area contributed by atoms with Crippen LogP contribution < -0.4 is 10.0 Å². The predicted octanol–water partition coefficient (Wildman–Crippen LogP) is 3.45. The largest absolute Gasteiger partial charge is 0.356 e. The second kappa shape index (κ2) is 9.85. The fraction of sp³-hybridized carbons (Fsp3) is 0.409. The topological polar surface area (TPSA) is 75.3 Å². The van der Waals surface area contributed by atoms with Crippen molar-refractivity contribution in [1.29, 1.82) is 0 Å². The van der Waals surface area contributed by atoms with E-state index in [4.69, 9.17) is 0 Å². The molecule has 0 aliphatic rings. The molecule has 0 atom stereocenters. The van der Waals surface area contributed by atoms with Gasteiger partial charge in [-0.1, -0.05) is 44.2 Å². The first-order chi connectivity index (χ1) is 13.2. The standard InChI is InChI=1S/C22H30N2O3S/c1-16(2)20-8-6-19(7-9-20)11-13-23-22(25)12-14-24-28(26,27)21-10-5-17(3)18(4)15-21/h5-10,15-16,24H,11-14H2,1-4H3,(H,23,25). The van der Waals surface area contributed by atoms with E-state index in [1.54, 1.807) is 18.2 Å². The van der Waals surface area contributed by atoms with Crippen LogP contribution >= 0.6 is 0 Å². The molecule has 28 heavy (non-hydrogen) atoms. The Morgan fingerprint density at radius 2 is 1.64 bits per heavy atom. The van der Waals surface area contributed by atoms with Crippen molar-refractivity contribution in [2.24, 2.45) is 0 Å². The molecule has 0 spiro atoms. The molecular formula is C22H30N2O3S. The summed E-state index contributed by atoms with van der Waals surface area (Å²) in [6.07, 6.45) is 0.856. The van der Waals surface area contributed by atoms with Crippen molar-refractivity contribution in [3.63, 3.8) is 0 Å². The number of hydrogen-bond acceptors (Lipinski definition) is 3. The van der Waals surface area contributed by atoms with Gasteiger partial charge < -0.3 is 5.32 Å². The van der Waals surface area contributed by atoms with Crippen LogP contribution in [0.25, 0.3) is 0 Å². The molecule has 0 aliphatic carbocycles. The molecule has 0 aromatic heterocycles. The molecule has 2 aromatic rings. The summed E-state index contributed by atoms with van der Waals surface area (Å²) in [5.74, 6) is 0.336. The quantitative estimate of drug-likeness (QED) is 0.674. The first-order valence-corrected chi connectivity index (χ1v) is 11.1. The molecule has 2 aromatic carbocycles. The highest BCUT2D eigenvalue weighted by molar-refractivity contribution is 7.89. The zero-order valence-electron chi connectivity index (χ0n) is 17.1. The Morgan fingerprint density at radius 3 is 2.25 bits per heavy atom. The van der Waals surface area contributed by atoms with Crippen LogP contribution in [0.4, 0.5) is 0 Å². The molecule has 6 heteroatoms. The lowest BCUT2D eigenvalue weighted by atomic mass is 10.0. The summed E-state index contributed by atoms with van der Waals surface area (Å²) >= 11 is 0. The van der Waals surface area contributed by atoms with Gasteiger partial charge in [0.1, 0.15) is 0 Å².